The second-order valence-corrected chi connectivity index (χ2v) is 5.63. The number of methoxy groups -OCH3 is 1. The molecule has 1 amide bonds. The first-order valence-electron chi connectivity index (χ1n) is 6.47. The lowest BCUT2D eigenvalue weighted by molar-refractivity contribution is 0.102. The van der Waals surface area contributed by atoms with Gasteiger partial charge in [-0.05, 0) is 36.8 Å². The van der Waals surface area contributed by atoms with Gasteiger partial charge in [0, 0.05) is 5.56 Å². The van der Waals surface area contributed by atoms with E-state index >= 15 is 0 Å². The number of carbonyl (C=O) groups excluding carboxylic acids is 1. The van der Waals surface area contributed by atoms with E-state index in [2.05, 4.69) is 14.1 Å². The van der Waals surface area contributed by atoms with Crippen molar-refractivity contribution in [2.24, 2.45) is 0 Å². The summed E-state index contributed by atoms with van der Waals surface area (Å²) in [4.78, 5) is 12.4. The smallest absolute Gasteiger partial charge is 0.255 e. The summed E-state index contributed by atoms with van der Waals surface area (Å²) >= 11 is 7.18. The van der Waals surface area contributed by atoms with E-state index < -0.39 is 0 Å². The number of ether oxygens (including phenoxy) is 1. The Kier molecular flexibility index (Phi) is 3.96. The van der Waals surface area contributed by atoms with Crippen molar-refractivity contribution >= 4 is 46.0 Å². The lowest BCUT2D eigenvalue weighted by atomic mass is 10.1. The van der Waals surface area contributed by atoms with E-state index in [-0.39, 0.29) is 5.91 Å². The first-order valence-corrected chi connectivity index (χ1v) is 7.57. The van der Waals surface area contributed by atoms with Crippen LogP contribution in [-0.4, -0.2) is 21.8 Å². The predicted molar refractivity (Wildman–Crippen MR) is 88.1 cm³/mol. The molecule has 0 fully saturated rings. The number of benzene rings is 2. The number of hydrogen-bond donors (Lipinski definition) is 1. The quantitative estimate of drug-likeness (QED) is 0.789. The number of anilines is 1. The second-order valence-electron chi connectivity index (χ2n) is 4.69. The van der Waals surface area contributed by atoms with E-state index in [1.165, 1.54) is 7.11 Å². The second kappa shape index (κ2) is 5.90. The molecule has 2 aromatic carbocycles. The van der Waals surface area contributed by atoms with Gasteiger partial charge in [0.05, 0.1) is 29.5 Å². The zero-order valence-electron chi connectivity index (χ0n) is 11.9. The Bertz CT molecular complexity index is 863. The van der Waals surface area contributed by atoms with E-state index in [0.29, 0.717) is 27.5 Å². The van der Waals surface area contributed by atoms with E-state index in [1.54, 1.807) is 18.2 Å². The summed E-state index contributed by atoms with van der Waals surface area (Å²) in [6, 6.07) is 8.68. The highest BCUT2D eigenvalue weighted by molar-refractivity contribution is 7.00. The van der Waals surface area contributed by atoms with E-state index in [9.17, 15) is 4.79 Å². The normalized spacial score (nSPS) is 10.7. The maximum Gasteiger partial charge on any atom is 0.255 e. The van der Waals surface area contributed by atoms with Gasteiger partial charge in [-0.2, -0.15) is 8.75 Å². The molecular weight excluding hydrogens is 322 g/mol. The van der Waals surface area contributed by atoms with E-state index in [0.717, 1.165) is 22.8 Å². The van der Waals surface area contributed by atoms with Crippen LogP contribution in [0.2, 0.25) is 5.02 Å². The maximum absolute atomic E-state index is 12.4. The Balaban J connectivity index is 1.95. The molecule has 112 valence electrons. The van der Waals surface area contributed by atoms with Gasteiger partial charge >= 0.3 is 0 Å². The third kappa shape index (κ3) is 2.63. The molecule has 5 nitrogen and oxygen atoms in total. The summed E-state index contributed by atoms with van der Waals surface area (Å²) in [5.41, 5.74) is 3.50. The van der Waals surface area contributed by atoms with Crippen LogP contribution >= 0.6 is 23.3 Å². The van der Waals surface area contributed by atoms with Crippen molar-refractivity contribution < 1.29 is 9.53 Å². The SMILES string of the molecule is COc1ccc(C(=O)Nc2c(C)ccc3nsnc23)cc1Cl. The number of rotatable bonds is 3. The monoisotopic (exact) mass is 333 g/mol. The fraction of sp³-hybridized carbons (Fsp3) is 0.133. The van der Waals surface area contributed by atoms with Crippen LogP contribution in [0.15, 0.2) is 30.3 Å². The van der Waals surface area contributed by atoms with Crippen LogP contribution in [0, 0.1) is 6.92 Å². The number of fused-ring (bicyclic) bond motifs is 1. The van der Waals surface area contributed by atoms with Crippen LogP contribution in [0.25, 0.3) is 11.0 Å². The number of aromatic nitrogens is 2. The zero-order chi connectivity index (χ0) is 15.7. The molecular formula is C15H12ClN3O2S. The van der Waals surface area contributed by atoms with Crippen LogP contribution in [0.1, 0.15) is 15.9 Å². The number of nitrogens with zero attached hydrogens (tertiary/aromatic N) is 2. The fourth-order valence-corrected chi connectivity index (χ4v) is 2.90. The van der Waals surface area contributed by atoms with Crippen molar-refractivity contribution in [1.29, 1.82) is 0 Å². The van der Waals surface area contributed by atoms with Gasteiger partial charge in [-0.25, -0.2) is 0 Å². The van der Waals surface area contributed by atoms with Crippen molar-refractivity contribution in [3.05, 3.63) is 46.5 Å². The third-order valence-electron chi connectivity index (χ3n) is 3.29. The predicted octanol–water partition coefficient (Wildman–Crippen LogP) is 3.91. The number of aryl methyl sites for hydroxylation is 1. The summed E-state index contributed by atoms with van der Waals surface area (Å²) in [5, 5.41) is 3.28. The summed E-state index contributed by atoms with van der Waals surface area (Å²) in [6.07, 6.45) is 0. The Morgan fingerprint density at radius 3 is 2.82 bits per heavy atom. The van der Waals surface area contributed by atoms with Crippen molar-refractivity contribution in [2.75, 3.05) is 12.4 Å². The van der Waals surface area contributed by atoms with Gasteiger partial charge in [0.15, 0.2) is 0 Å². The van der Waals surface area contributed by atoms with Gasteiger partial charge in [0.2, 0.25) is 0 Å². The molecule has 0 spiro atoms. The molecule has 0 bridgehead atoms. The van der Waals surface area contributed by atoms with Crippen molar-refractivity contribution in [3.63, 3.8) is 0 Å². The molecule has 0 radical (unpaired) electrons. The first-order chi connectivity index (χ1) is 10.6. The van der Waals surface area contributed by atoms with Crippen LogP contribution < -0.4 is 10.1 Å². The summed E-state index contributed by atoms with van der Waals surface area (Å²) in [7, 11) is 1.53. The molecule has 22 heavy (non-hydrogen) atoms. The molecule has 0 atom stereocenters. The van der Waals surface area contributed by atoms with Gasteiger partial charge in [-0.15, -0.1) is 0 Å². The van der Waals surface area contributed by atoms with E-state index in [4.69, 9.17) is 16.3 Å². The number of halogens is 1. The van der Waals surface area contributed by atoms with Gasteiger partial charge in [-0.3, -0.25) is 4.79 Å². The number of amides is 1. The number of carbonyl (C=O) groups is 1. The molecule has 7 heteroatoms. The Morgan fingerprint density at radius 2 is 2.09 bits per heavy atom. The van der Waals surface area contributed by atoms with Gasteiger partial charge in [0.1, 0.15) is 16.8 Å². The standard InChI is InChI=1S/C15H12ClN3O2S/c1-8-3-5-11-14(19-22-18-11)13(8)17-15(20)9-4-6-12(21-2)10(16)7-9/h3-7H,1-2H3,(H,17,20). The molecule has 1 aromatic heterocycles. The lowest BCUT2D eigenvalue weighted by Gasteiger charge is -2.10. The Morgan fingerprint density at radius 1 is 1.27 bits per heavy atom. The van der Waals surface area contributed by atoms with Gasteiger partial charge in [-0.1, -0.05) is 17.7 Å². The Labute approximate surface area is 136 Å². The van der Waals surface area contributed by atoms with E-state index in [1.807, 2.05) is 19.1 Å². The molecule has 3 rings (SSSR count). The minimum atomic E-state index is -0.256. The Hall–Kier alpha value is -2.18. The molecule has 0 aliphatic carbocycles. The molecule has 1 N–H and O–H groups in total. The molecule has 3 aromatic rings. The molecule has 0 saturated heterocycles. The fourth-order valence-electron chi connectivity index (χ4n) is 2.10. The van der Waals surface area contributed by atoms with Crippen LogP contribution in [0.3, 0.4) is 0 Å². The zero-order valence-corrected chi connectivity index (χ0v) is 13.5. The van der Waals surface area contributed by atoms with Gasteiger partial charge < -0.3 is 10.1 Å². The molecule has 0 aliphatic heterocycles. The lowest BCUT2D eigenvalue weighted by Crippen LogP contribution is -2.13. The van der Waals surface area contributed by atoms with Crippen molar-refractivity contribution in [3.8, 4) is 5.75 Å². The van der Waals surface area contributed by atoms with Gasteiger partial charge in [0.25, 0.3) is 5.91 Å². The minimum Gasteiger partial charge on any atom is -0.495 e. The topological polar surface area (TPSA) is 64.1 Å². The minimum absolute atomic E-state index is 0.256. The molecule has 0 aliphatic rings. The van der Waals surface area contributed by atoms with Crippen LogP contribution in [-0.2, 0) is 0 Å². The first kappa shape index (κ1) is 14.7. The third-order valence-corrected chi connectivity index (χ3v) is 4.13. The maximum atomic E-state index is 12.4. The summed E-state index contributed by atoms with van der Waals surface area (Å²) < 4.78 is 13.5. The summed E-state index contributed by atoms with van der Waals surface area (Å²) in [6.45, 7) is 1.91. The highest BCUT2D eigenvalue weighted by atomic mass is 35.5. The molecule has 0 unspecified atom stereocenters. The van der Waals surface area contributed by atoms with Crippen LogP contribution in [0.4, 0.5) is 5.69 Å². The average Bonchev–Trinajstić information content (AvgIpc) is 2.98. The average molecular weight is 334 g/mol. The highest BCUT2D eigenvalue weighted by Crippen LogP contribution is 2.28. The van der Waals surface area contributed by atoms with Crippen molar-refractivity contribution in [1.82, 2.24) is 8.75 Å². The highest BCUT2D eigenvalue weighted by Gasteiger charge is 2.14. The molecule has 0 saturated carbocycles. The molecule has 1 heterocycles. The van der Waals surface area contributed by atoms with Crippen molar-refractivity contribution in [2.45, 2.75) is 6.92 Å². The summed E-state index contributed by atoms with van der Waals surface area (Å²) in [5.74, 6) is 0.272. The number of nitrogens with one attached hydrogen (secondary N) is 1. The van der Waals surface area contributed by atoms with Crippen LogP contribution in [0.5, 0.6) is 5.75 Å². The number of hydrogen-bond acceptors (Lipinski definition) is 5. The largest absolute Gasteiger partial charge is 0.495 e.